The van der Waals surface area contributed by atoms with Crippen molar-refractivity contribution in [3.63, 3.8) is 0 Å². The predicted molar refractivity (Wildman–Crippen MR) is 117 cm³/mol. The maximum Gasteiger partial charge on any atom is 0.350 e. The normalized spacial score (nSPS) is 17.0. The van der Waals surface area contributed by atoms with Gasteiger partial charge in [0.2, 0.25) is 0 Å². The molecule has 1 atom stereocenters. The number of ether oxygens (including phenoxy) is 2. The molecule has 0 aromatic rings. The van der Waals surface area contributed by atoms with E-state index >= 15 is 0 Å². The van der Waals surface area contributed by atoms with E-state index in [2.05, 4.69) is 48.1 Å². The van der Waals surface area contributed by atoms with Gasteiger partial charge >= 0.3 is 11.9 Å². The molecule has 0 radical (unpaired) electrons. The Morgan fingerprint density at radius 1 is 0.967 bits per heavy atom. The highest BCUT2D eigenvalue weighted by atomic mass is 16.6. The van der Waals surface area contributed by atoms with Crippen molar-refractivity contribution in [1.29, 1.82) is 0 Å². The maximum absolute atomic E-state index is 11.8. The Balaban J connectivity index is 2.02. The fourth-order valence-electron chi connectivity index (χ4n) is 2.89. The topological polar surface area (TPSA) is 93.1 Å². The first kappa shape index (κ1) is 25.7. The molecule has 0 bridgehead atoms. The van der Waals surface area contributed by atoms with Gasteiger partial charge in [0.05, 0.1) is 13.2 Å². The van der Waals surface area contributed by atoms with Crippen LogP contribution in [0.2, 0.25) is 0 Å². The van der Waals surface area contributed by atoms with Gasteiger partial charge in [0.25, 0.3) is 0 Å². The molecular weight excluding hydrogens is 384 g/mol. The number of allylic oxidation sites excluding steroid dienone is 6. The van der Waals surface area contributed by atoms with Crippen LogP contribution in [0, 0.1) is 0 Å². The summed E-state index contributed by atoms with van der Waals surface area (Å²) in [7, 11) is 0. The Morgan fingerprint density at radius 3 is 2.13 bits per heavy atom. The number of carbonyl (C=O) groups excluding carboxylic acids is 2. The Hall–Kier alpha value is -2.34. The summed E-state index contributed by atoms with van der Waals surface area (Å²) in [6.07, 6.45) is 22.5. The number of aliphatic hydroxyl groups is 2. The molecule has 1 aliphatic heterocycles. The number of carbonyl (C=O) groups is 2. The van der Waals surface area contributed by atoms with Crippen LogP contribution in [0.1, 0.15) is 71.1 Å². The van der Waals surface area contributed by atoms with Crippen LogP contribution in [0.4, 0.5) is 0 Å². The fourth-order valence-corrected chi connectivity index (χ4v) is 2.89. The number of cyclic esters (lactones) is 1. The molecule has 0 aliphatic carbocycles. The van der Waals surface area contributed by atoms with Crippen LogP contribution in [-0.2, 0) is 19.1 Å². The lowest BCUT2D eigenvalue weighted by Gasteiger charge is -2.04. The van der Waals surface area contributed by atoms with Gasteiger partial charge in [0.1, 0.15) is 0 Å². The van der Waals surface area contributed by atoms with Gasteiger partial charge in [0.15, 0.2) is 17.4 Å². The van der Waals surface area contributed by atoms with Crippen molar-refractivity contribution in [3.05, 3.63) is 47.8 Å². The summed E-state index contributed by atoms with van der Waals surface area (Å²) >= 11 is 0. The molecule has 1 heterocycles. The smallest absolute Gasteiger partial charge is 0.350 e. The van der Waals surface area contributed by atoms with Gasteiger partial charge in [-0.2, -0.15) is 0 Å². The molecule has 6 nitrogen and oxygen atoms in total. The van der Waals surface area contributed by atoms with Crippen molar-refractivity contribution in [1.82, 2.24) is 0 Å². The third kappa shape index (κ3) is 10.4. The molecule has 2 N–H and O–H groups in total. The lowest BCUT2D eigenvalue weighted by molar-refractivity contribution is -0.147. The molecule has 0 aromatic carbocycles. The van der Waals surface area contributed by atoms with E-state index in [0.717, 1.165) is 32.1 Å². The third-order valence-electron chi connectivity index (χ3n) is 4.65. The summed E-state index contributed by atoms with van der Waals surface area (Å²) in [6, 6.07) is 0. The van der Waals surface area contributed by atoms with E-state index in [0.29, 0.717) is 6.42 Å². The summed E-state index contributed by atoms with van der Waals surface area (Å²) in [4.78, 5) is 23.4. The maximum atomic E-state index is 11.8. The van der Waals surface area contributed by atoms with Crippen molar-refractivity contribution in [3.8, 4) is 0 Å². The van der Waals surface area contributed by atoms with Crippen LogP contribution in [0.3, 0.4) is 0 Å². The summed E-state index contributed by atoms with van der Waals surface area (Å²) in [5, 5.41) is 18.6. The quantitative estimate of drug-likeness (QED) is 0.160. The lowest BCUT2D eigenvalue weighted by Crippen LogP contribution is -2.16. The molecular formula is C24H36O6. The minimum Gasteiger partial charge on any atom is -0.507 e. The van der Waals surface area contributed by atoms with Crippen molar-refractivity contribution in [2.45, 2.75) is 77.2 Å². The second-order valence-corrected chi connectivity index (χ2v) is 7.20. The molecule has 0 fully saturated rings. The SMILES string of the molecule is CCCCC/C=C/C/C=C/C/C=C/CCCCCOC(=O)C1=C(O)[C@@H](CO)OC1=O. The van der Waals surface area contributed by atoms with E-state index in [1.165, 1.54) is 25.7 Å². The van der Waals surface area contributed by atoms with E-state index in [-0.39, 0.29) is 6.61 Å². The van der Waals surface area contributed by atoms with Gasteiger partial charge in [-0.1, -0.05) is 56.2 Å². The molecule has 1 aliphatic rings. The average molecular weight is 421 g/mol. The standard InChI is InChI=1S/C24H36O6/c1-2-3-4-5-6-7-8-9-10-11-12-13-14-15-16-17-18-29-23(27)21-22(26)20(19-25)30-24(21)28/h6-7,9-10,12-13,20,25-26H,2-5,8,11,14-19H2,1H3/b7-6+,10-9+,13-12+/t20-/m1/s1. The van der Waals surface area contributed by atoms with Gasteiger partial charge < -0.3 is 19.7 Å². The highest BCUT2D eigenvalue weighted by molar-refractivity contribution is 6.16. The van der Waals surface area contributed by atoms with Gasteiger partial charge in [-0.05, 0) is 51.4 Å². The number of aliphatic hydroxyl groups excluding tert-OH is 2. The first-order valence-corrected chi connectivity index (χ1v) is 11.0. The monoisotopic (exact) mass is 420 g/mol. The molecule has 6 heteroatoms. The van der Waals surface area contributed by atoms with Crippen LogP contribution in [0.5, 0.6) is 0 Å². The van der Waals surface area contributed by atoms with Crippen LogP contribution in [0.25, 0.3) is 0 Å². The zero-order valence-electron chi connectivity index (χ0n) is 18.1. The summed E-state index contributed by atoms with van der Waals surface area (Å²) in [6.45, 7) is 1.81. The minimum absolute atomic E-state index is 0.172. The molecule has 0 unspecified atom stereocenters. The van der Waals surface area contributed by atoms with E-state index < -0.39 is 36.0 Å². The number of hydrogen-bond acceptors (Lipinski definition) is 6. The van der Waals surface area contributed by atoms with E-state index in [9.17, 15) is 14.7 Å². The largest absolute Gasteiger partial charge is 0.507 e. The first-order valence-electron chi connectivity index (χ1n) is 11.0. The molecule has 0 saturated heterocycles. The minimum atomic E-state index is -1.17. The Kier molecular flexibility index (Phi) is 14.1. The molecule has 168 valence electrons. The van der Waals surface area contributed by atoms with Gasteiger partial charge in [-0.15, -0.1) is 0 Å². The van der Waals surface area contributed by atoms with Gasteiger partial charge in [-0.3, -0.25) is 0 Å². The van der Waals surface area contributed by atoms with E-state index in [4.69, 9.17) is 9.84 Å². The predicted octanol–water partition coefficient (Wildman–Crippen LogP) is 4.85. The summed E-state index contributed by atoms with van der Waals surface area (Å²) in [5.41, 5.74) is -0.517. The zero-order chi connectivity index (χ0) is 22.0. The summed E-state index contributed by atoms with van der Waals surface area (Å²) < 4.78 is 9.67. The fraction of sp³-hybridized carbons (Fsp3) is 0.583. The molecule has 0 saturated carbocycles. The average Bonchev–Trinajstić information content (AvgIpc) is 3.03. The summed E-state index contributed by atoms with van der Waals surface area (Å²) in [5.74, 6) is -2.43. The van der Waals surface area contributed by atoms with Crippen molar-refractivity contribution < 1.29 is 29.3 Å². The molecule has 0 spiro atoms. The zero-order valence-corrected chi connectivity index (χ0v) is 18.1. The second-order valence-electron chi connectivity index (χ2n) is 7.20. The highest BCUT2D eigenvalue weighted by Gasteiger charge is 2.39. The van der Waals surface area contributed by atoms with Crippen molar-refractivity contribution in [2.24, 2.45) is 0 Å². The van der Waals surface area contributed by atoms with Gasteiger partial charge in [-0.25, -0.2) is 9.59 Å². The lowest BCUT2D eigenvalue weighted by atomic mass is 10.1. The first-order chi connectivity index (χ1) is 14.6. The van der Waals surface area contributed by atoms with Crippen LogP contribution < -0.4 is 0 Å². The van der Waals surface area contributed by atoms with Crippen LogP contribution >= 0.6 is 0 Å². The number of esters is 2. The van der Waals surface area contributed by atoms with Crippen LogP contribution in [0.15, 0.2) is 47.8 Å². The Bertz CT molecular complexity index is 630. The van der Waals surface area contributed by atoms with E-state index in [1.54, 1.807) is 0 Å². The molecule has 30 heavy (non-hydrogen) atoms. The van der Waals surface area contributed by atoms with Crippen LogP contribution in [-0.4, -0.2) is 41.5 Å². The number of unbranched alkanes of at least 4 members (excludes halogenated alkanes) is 6. The van der Waals surface area contributed by atoms with Crippen molar-refractivity contribution >= 4 is 11.9 Å². The number of hydrogen-bond donors (Lipinski definition) is 2. The Morgan fingerprint density at radius 2 is 1.57 bits per heavy atom. The van der Waals surface area contributed by atoms with Crippen molar-refractivity contribution in [2.75, 3.05) is 13.2 Å². The second kappa shape index (κ2) is 16.5. The third-order valence-corrected chi connectivity index (χ3v) is 4.65. The molecule has 0 amide bonds. The van der Waals surface area contributed by atoms with E-state index in [1.807, 2.05) is 0 Å². The highest BCUT2D eigenvalue weighted by Crippen LogP contribution is 2.21. The Labute approximate surface area is 180 Å². The molecule has 1 rings (SSSR count). The molecule has 0 aromatic heterocycles. The number of rotatable bonds is 16. The van der Waals surface area contributed by atoms with Gasteiger partial charge in [0, 0.05) is 0 Å².